The van der Waals surface area contributed by atoms with Crippen LogP contribution in [-0.2, 0) is 4.74 Å². The molecule has 0 spiro atoms. The minimum atomic E-state index is 0.384. The Kier molecular flexibility index (Phi) is 7.63. The van der Waals surface area contributed by atoms with Crippen molar-refractivity contribution < 1.29 is 4.74 Å². The zero-order valence-corrected chi connectivity index (χ0v) is 10.2. The van der Waals surface area contributed by atoms with Crippen LogP contribution in [0.25, 0.3) is 0 Å². The first-order valence-corrected chi connectivity index (χ1v) is 6.71. The molecule has 0 aromatic rings. The Balaban J connectivity index is 2.30. The van der Waals surface area contributed by atoms with Gasteiger partial charge in [-0.05, 0) is 26.2 Å². The molecule has 0 fully saturated rings. The smallest absolute Gasteiger partial charge is 0.0755 e. The van der Waals surface area contributed by atoms with Gasteiger partial charge >= 0.3 is 0 Å². The third-order valence-electron chi connectivity index (χ3n) is 3.09. The summed E-state index contributed by atoms with van der Waals surface area (Å²) in [7, 11) is 0. The Morgan fingerprint density at radius 2 is 1.67 bits per heavy atom. The van der Waals surface area contributed by atoms with Gasteiger partial charge in [0.15, 0.2) is 0 Å². The number of allylic oxidation sites excluding steroid dienone is 1. The van der Waals surface area contributed by atoms with Gasteiger partial charge in [-0.3, -0.25) is 0 Å². The molecule has 0 aromatic heterocycles. The lowest BCUT2D eigenvalue weighted by atomic mass is 10.0. The van der Waals surface area contributed by atoms with Crippen molar-refractivity contribution in [1.82, 2.24) is 0 Å². The number of hydrogen-bond acceptors (Lipinski definition) is 1. The molecule has 1 unspecified atom stereocenters. The Morgan fingerprint density at radius 3 is 2.40 bits per heavy atom. The molecule has 1 nitrogen and oxygen atoms in total. The molecule has 0 heterocycles. The summed E-state index contributed by atoms with van der Waals surface area (Å²) in [5.74, 6) is 0. The van der Waals surface area contributed by atoms with Crippen molar-refractivity contribution in [3.63, 3.8) is 0 Å². The van der Waals surface area contributed by atoms with E-state index in [1.165, 1.54) is 57.8 Å². The first kappa shape index (κ1) is 12.8. The third-order valence-corrected chi connectivity index (χ3v) is 3.09. The lowest BCUT2D eigenvalue weighted by molar-refractivity contribution is 0.0880. The van der Waals surface area contributed by atoms with Crippen LogP contribution in [0, 0.1) is 0 Å². The van der Waals surface area contributed by atoms with Crippen molar-refractivity contribution in [1.29, 1.82) is 0 Å². The molecule has 0 aromatic carbocycles. The monoisotopic (exact) mass is 210 g/mol. The highest BCUT2D eigenvalue weighted by atomic mass is 16.5. The standard InChI is InChI=1S/C14H26O/c1-2-15-14-12-10-8-6-4-3-5-7-9-11-13-14/h10,12,14H,2-9,11,13H2,1H3/b12-10+. The SMILES string of the molecule is CCOC1/C=C/CCCCCCCCC1. The zero-order chi connectivity index (χ0) is 10.8. The first-order chi connectivity index (χ1) is 7.43. The van der Waals surface area contributed by atoms with Gasteiger partial charge in [-0.2, -0.15) is 0 Å². The van der Waals surface area contributed by atoms with Crippen LogP contribution in [0.3, 0.4) is 0 Å². The molecule has 0 amide bonds. The van der Waals surface area contributed by atoms with Crippen molar-refractivity contribution in [2.24, 2.45) is 0 Å². The van der Waals surface area contributed by atoms with Gasteiger partial charge in [0.2, 0.25) is 0 Å². The molecule has 0 bridgehead atoms. The van der Waals surface area contributed by atoms with Crippen molar-refractivity contribution in [2.45, 2.75) is 70.8 Å². The number of rotatable bonds is 2. The predicted octanol–water partition coefficient (Wildman–Crippen LogP) is 4.47. The van der Waals surface area contributed by atoms with Crippen molar-refractivity contribution in [2.75, 3.05) is 6.61 Å². The lowest BCUT2D eigenvalue weighted by Gasteiger charge is -2.13. The van der Waals surface area contributed by atoms with Crippen molar-refractivity contribution in [3.8, 4) is 0 Å². The van der Waals surface area contributed by atoms with Crippen LogP contribution in [-0.4, -0.2) is 12.7 Å². The lowest BCUT2D eigenvalue weighted by Crippen LogP contribution is -2.09. The van der Waals surface area contributed by atoms with Crippen molar-refractivity contribution >= 4 is 0 Å². The van der Waals surface area contributed by atoms with E-state index in [-0.39, 0.29) is 0 Å². The summed E-state index contributed by atoms with van der Waals surface area (Å²) < 4.78 is 5.70. The molecule has 1 atom stereocenters. The van der Waals surface area contributed by atoms with Crippen LogP contribution in [0.15, 0.2) is 12.2 Å². The molecule has 0 radical (unpaired) electrons. The minimum absolute atomic E-state index is 0.384. The van der Waals surface area contributed by atoms with E-state index in [0.717, 1.165) is 6.61 Å². The van der Waals surface area contributed by atoms with E-state index in [9.17, 15) is 0 Å². The third kappa shape index (κ3) is 6.72. The Bertz CT molecular complexity index is 163. The molecule has 0 aliphatic heterocycles. The van der Waals surface area contributed by atoms with E-state index in [2.05, 4.69) is 19.1 Å². The number of hydrogen-bond donors (Lipinski definition) is 0. The Morgan fingerprint density at radius 1 is 1.00 bits per heavy atom. The zero-order valence-electron chi connectivity index (χ0n) is 10.2. The highest BCUT2D eigenvalue weighted by Crippen LogP contribution is 2.14. The molecule has 15 heavy (non-hydrogen) atoms. The largest absolute Gasteiger partial charge is 0.374 e. The van der Waals surface area contributed by atoms with Crippen LogP contribution in [0.4, 0.5) is 0 Å². The summed E-state index contributed by atoms with van der Waals surface area (Å²) in [4.78, 5) is 0. The highest BCUT2D eigenvalue weighted by molar-refractivity contribution is 4.89. The summed E-state index contributed by atoms with van der Waals surface area (Å²) in [5, 5.41) is 0. The molecule has 0 saturated heterocycles. The summed E-state index contributed by atoms with van der Waals surface area (Å²) in [6, 6.07) is 0. The maximum atomic E-state index is 5.70. The molecule has 1 aliphatic rings. The van der Waals surface area contributed by atoms with E-state index in [0.29, 0.717) is 6.10 Å². The van der Waals surface area contributed by atoms with E-state index in [1.54, 1.807) is 0 Å². The molecular formula is C14H26O. The van der Waals surface area contributed by atoms with Gasteiger partial charge in [-0.1, -0.05) is 50.7 Å². The van der Waals surface area contributed by atoms with E-state index in [1.807, 2.05) is 0 Å². The van der Waals surface area contributed by atoms with Crippen LogP contribution in [0.5, 0.6) is 0 Å². The van der Waals surface area contributed by atoms with Gasteiger partial charge in [0.05, 0.1) is 6.10 Å². The molecule has 0 N–H and O–H groups in total. The van der Waals surface area contributed by atoms with Crippen LogP contribution in [0.1, 0.15) is 64.7 Å². The molecule has 1 rings (SSSR count). The Hall–Kier alpha value is -0.300. The van der Waals surface area contributed by atoms with Crippen LogP contribution < -0.4 is 0 Å². The fourth-order valence-electron chi connectivity index (χ4n) is 2.19. The van der Waals surface area contributed by atoms with Gasteiger partial charge in [-0.25, -0.2) is 0 Å². The van der Waals surface area contributed by atoms with Gasteiger partial charge in [0.1, 0.15) is 0 Å². The summed E-state index contributed by atoms with van der Waals surface area (Å²) >= 11 is 0. The molecule has 0 saturated carbocycles. The van der Waals surface area contributed by atoms with Gasteiger partial charge in [0.25, 0.3) is 0 Å². The fourth-order valence-corrected chi connectivity index (χ4v) is 2.19. The summed E-state index contributed by atoms with van der Waals surface area (Å²) in [6.45, 7) is 2.93. The van der Waals surface area contributed by atoms with E-state index >= 15 is 0 Å². The Labute approximate surface area is 94.9 Å². The van der Waals surface area contributed by atoms with E-state index < -0.39 is 0 Å². The minimum Gasteiger partial charge on any atom is -0.374 e. The van der Waals surface area contributed by atoms with Gasteiger partial charge in [0, 0.05) is 6.61 Å². The van der Waals surface area contributed by atoms with Gasteiger partial charge < -0.3 is 4.74 Å². The van der Waals surface area contributed by atoms with Crippen LogP contribution in [0.2, 0.25) is 0 Å². The summed E-state index contributed by atoms with van der Waals surface area (Å²) in [6.07, 6.45) is 17.2. The maximum absolute atomic E-state index is 5.70. The van der Waals surface area contributed by atoms with Crippen LogP contribution >= 0.6 is 0 Å². The molecule has 1 heteroatoms. The van der Waals surface area contributed by atoms with E-state index in [4.69, 9.17) is 4.74 Å². The predicted molar refractivity (Wildman–Crippen MR) is 66.1 cm³/mol. The van der Waals surface area contributed by atoms with Gasteiger partial charge in [-0.15, -0.1) is 0 Å². The maximum Gasteiger partial charge on any atom is 0.0755 e. The fraction of sp³-hybridized carbons (Fsp3) is 0.857. The second-order valence-electron chi connectivity index (χ2n) is 4.47. The first-order valence-electron chi connectivity index (χ1n) is 6.71. The quantitative estimate of drug-likeness (QED) is 0.611. The average Bonchev–Trinajstić information content (AvgIpc) is 2.22. The molecule has 1 aliphatic carbocycles. The second-order valence-corrected chi connectivity index (χ2v) is 4.47. The summed E-state index contributed by atoms with van der Waals surface area (Å²) in [5.41, 5.74) is 0. The second kappa shape index (κ2) is 8.96. The normalized spacial score (nSPS) is 27.7. The molecular weight excluding hydrogens is 184 g/mol. The molecule has 88 valence electrons. The topological polar surface area (TPSA) is 9.23 Å². The van der Waals surface area contributed by atoms with Crippen molar-refractivity contribution in [3.05, 3.63) is 12.2 Å². The number of ether oxygens (including phenoxy) is 1. The highest BCUT2D eigenvalue weighted by Gasteiger charge is 2.04. The average molecular weight is 210 g/mol.